The molecule has 0 aromatic carbocycles. The highest BCUT2D eigenvalue weighted by atomic mass is 16.6. The van der Waals surface area contributed by atoms with E-state index in [0.717, 1.165) is 0 Å². The SMILES string of the molecule is COC(C)(C)C.NCCOCCOCCOCCOCC=O. The first-order chi connectivity index (χ1) is 10.5. The van der Waals surface area contributed by atoms with E-state index in [0.29, 0.717) is 59.1 Å². The van der Waals surface area contributed by atoms with Gasteiger partial charge in [-0.15, -0.1) is 0 Å². The maximum absolute atomic E-state index is 9.88. The zero-order chi connectivity index (χ0) is 17.1. The third-order valence-corrected chi connectivity index (χ3v) is 2.18. The summed E-state index contributed by atoms with van der Waals surface area (Å²) in [6, 6.07) is 0. The number of hydrogen-bond donors (Lipinski definition) is 1. The maximum Gasteiger partial charge on any atom is 0.145 e. The predicted molar refractivity (Wildman–Crippen MR) is 85.2 cm³/mol. The number of ether oxygens (including phenoxy) is 5. The Hall–Kier alpha value is -0.570. The number of carbonyl (C=O) groups excluding carboxylic acids is 1. The lowest BCUT2D eigenvalue weighted by Crippen LogP contribution is -2.15. The zero-order valence-electron chi connectivity index (χ0n) is 14.5. The van der Waals surface area contributed by atoms with Crippen LogP contribution in [0.15, 0.2) is 0 Å². The summed E-state index contributed by atoms with van der Waals surface area (Å²) in [5, 5.41) is 0. The molecule has 0 radical (unpaired) electrons. The molecule has 0 rings (SSSR count). The summed E-state index contributed by atoms with van der Waals surface area (Å²) in [7, 11) is 1.71. The van der Waals surface area contributed by atoms with Crippen LogP contribution < -0.4 is 5.73 Å². The molecule has 0 atom stereocenters. The number of carbonyl (C=O) groups is 1. The van der Waals surface area contributed by atoms with E-state index in [1.54, 1.807) is 7.11 Å². The molecule has 0 saturated heterocycles. The molecule has 0 spiro atoms. The molecule has 0 aromatic heterocycles. The molecule has 22 heavy (non-hydrogen) atoms. The van der Waals surface area contributed by atoms with Gasteiger partial charge in [0, 0.05) is 13.7 Å². The van der Waals surface area contributed by atoms with Gasteiger partial charge in [-0.2, -0.15) is 0 Å². The average Bonchev–Trinajstić information content (AvgIpc) is 2.48. The van der Waals surface area contributed by atoms with E-state index >= 15 is 0 Å². The van der Waals surface area contributed by atoms with Crippen molar-refractivity contribution in [1.29, 1.82) is 0 Å². The van der Waals surface area contributed by atoms with Crippen molar-refractivity contribution < 1.29 is 28.5 Å². The fourth-order valence-electron chi connectivity index (χ4n) is 0.875. The van der Waals surface area contributed by atoms with Gasteiger partial charge in [0.2, 0.25) is 0 Å². The molecule has 0 aliphatic carbocycles. The zero-order valence-corrected chi connectivity index (χ0v) is 14.5. The lowest BCUT2D eigenvalue weighted by Gasteiger charge is -2.14. The second-order valence-corrected chi connectivity index (χ2v) is 5.18. The highest BCUT2D eigenvalue weighted by Crippen LogP contribution is 2.02. The Kier molecular flexibility index (Phi) is 19.9. The monoisotopic (exact) mass is 323 g/mol. The minimum atomic E-state index is 0.0417. The van der Waals surface area contributed by atoms with Crippen LogP contribution >= 0.6 is 0 Å². The molecule has 0 bridgehead atoms. The molecule has 7 nitrogen and oxygen atoms in total. The third kappa shape index (κ3) is 27.7. The molecule has 2 N–H and O–H groups in total. The standard InChI is InChI=1S/C10H21NO5.C5H12O/c11-1-3-13-5-7-15-9-10-16-8-6-14-4-2-12;1-5(2,3)6-4/h2H,1,3-11H2;1-4H3. The van der Waals surface area contributed by atoms with Crippen LogP contribution in [0.1, 0.15) is 20.8 Å². The van der Waals surface area contributed by atoms with Gasteiger partial charge in [-0.05, 0) is 20.8 Å². The first kappa shape index (κ1) is 23.7. The van der Waals surface area contributed by atoms with Crippen LogP contribution in [0.5, 0.6) is 0 Å². The Morgan fingerprint density at radius 3 is 1.50 bits per heavy atom. The average molecular weight is 323 g/mol. The van der Waals surface area contributed by atoms with Crippen LogP contribution in [-0.4, -0.2) is 78.4 Å². The van der Waals surface area contributed by atoms with Crippen molar-refractivity contribution >= 4 is 6.29 Å². The van der Waals surface area contributed by atoms with Crippen LogP contribution in [0, 0.1) is 0 Å². The van der Waals surface area contributed by atoms with Crippen molar-refractivity contribution in [3.63, 3.8) is 0 Å². The fourth-order valence-corrected chi connectivity index (χ4v) is 0.875. The first-order valence-corrected chi connectivity index (χ1v) is 7.47. The fraction of sp³-hybridized carbons (Fsp3) is 0.933. The van der Waals surface area contributed by atoms with Crippen LogP contribution in [0.25, 0.3) is 0 Å². The van der Waals surface area contributed by atoms with Crippen molar-refractivity contribution in [3.05, 3.63) is 0 Å². The van der Waals surface area contributed by atoms with Crippen LogP contribution in [0.4, 0.5) is 0 Å². The largest absolute Gasteiger partial charge is 0.379 e. The van der Waals surface area contributed by atoms with Gasteiger partial charge in [0.05, 0.1) is 51.8 Å². The highest BCUT2D eigenvalue weighted by molar-refractivity contribution is 5.50. The molecule has 0 aliphatic rings. The molecular weight excluding hydrogens is 290 g/mol. The lowest BCUT2D eigenvalue weighted by molar-refractivity contribution is -0.112. The molecule has 0 aromatic rings. The number of nitrogens with two attached hydrogens (primary N) is 1. The second-order valence-electron chi connectivity index (χ2n) is 5.18. The number of rotatable bonds is 13. The van der Waals surface area contributed by atoms with E-state index in [4.69, 9.17) is 29.4 Å². The summed E-state index contributed by atoms with van der Waals surface area (Å²) >= 11 is 0. The Balaban J connectivity index is 0. The number of aldehydes is 1. The summed E-state index contributed by atoms with van der Waals surface area (Å²) in [6.45, 7) is 10.3. The molecule has 0 fully saturated rings. The van der Waals surface area contributed by atoms with Crippen molar-refractivity contribution in [1.82, 2.24) is 0 Å². The minimum absolute atomic E-state index is 0.0417. The van der Waals surface area contributed by atoms with E-state index in [-0.39, 0.29) is 12.2 Å². The molecular formula is C15H33NO6. The summed E-state index contributed by atoms with van der Waals surface area (Å²) in [5.74, 6) is 0. The summed E-state index contributed by atoms with van der Waals surface area (Å²) < 4.78 is 25.3. The normalized spacial score (nSPS) is 11.0. The predicted octanol–water partition coefficient (Wildman–Crippen LogP) is 0.642. The minimum Gasteiger partial charge on any atom is -0.379 e. The van der Waals surface area contributed by atoms with Crippen molar-refractivity contribution in [2.75, 3.05) is 66.5 Å². The third-order valence-electron chi connectivity index (χ3n) is 2.18. The Labute approximate surface area is 134 Å². The van der Waals surface area contributed by atoms with Gasteiger partial charge in [0.15, 0.2) is 0 Å². The van der Waals surface area contributed by atoms with E-state index in [9.17, 15) is 4.79 Å². The van der Waals surface area contributed by atoms with Crippen LogP contribution in [0.2, 0.25) is 0 Å². The molecule has 134 valence electrons. The molecule has 0 heterocycles. The summed E-state index contributed by atoms with van der Waals surface area (Å²) in [4.78, 5) is 9.88. The van der Waals surface area contributed by atoms with Crippen molar-refractivity contribution in [2.45, 2.75) is 26.4 Å². The number of methoxy groups -OCH3 is 1. The molecule has 0 saturated carbocycles. The Morgan fingerprint density at radius 1 is 0.818 bits per heavy atom. The van der Waals surface area contributed by atoms with Gasteiger partial charge in [-0.1, -0.05) is 0 Å². The van der Waals surface area contributed by atoms with Crippen LogP contribution in [0.3, 0.4) is 0 Å². The molecule has 0 unspecified atom stereocenters. The first-order valence-electron chi connectivity index (χ1n) is 7.47. The van der Waals surface area contributed by atoms with E-state index in [1.165, 1.54) is 0 Å². The number of hydrogen-bond acceptors (Lipinski definition) is 7. The van der Waals surface area contributed by atoms with Crippen molar-refractivity contribution in [2.24, 2.45) is 5.73 Å². The highest BCUT2D eigenvalue weighted by Gasteiger charge is 2.04. The van der Waals surface area contributed by atoms with Gasteiger partial charge in [-0.3, -0.25) is 0 Å². The van der Waals surface area contributed by atoms with E-state index in [1.807, 2.05) is 20.8 Å². The van der Waals surface area contributed by atoms with Gasteiger partial charge in [0.25, 0.3) is 0 Å². The molecule has 0 amide bonds. The van der Waals surface area contributed by atoms with Gasteiger partial charge in [-0.25, -0.2) is 0 Å². The quantitative estimate of drug-likeness (QED) is 0.393. The van der Waals surface area contributed by atoms with Crippen LogP contribution in [-0.2, 0) is 28.5 Å². The van der Waals surface area contributed by atoms with E-state index in [2.05, 4.69) is 0 Å². The van der Waals surface area contributed by atoms with Crippen molar-refractivity contribution in [3.8, 4) is 0 Å². The topological polar surface area (TPSA) is 89.2 Å². The smallest absolute Gasteiger partial charge is 0.145 e. The molecule has 7 heteroatoms. The lowest BCUT2D eigenvalue weighted by atomic mass is 10.2. The molecule has 0 aliphatic heterocycles. The van der Waals surface area contributed by atoms with Gasteiger partial charge < -0.3 is 34.2 Å². The van der Waals surface area contributed by atoms with Gasteiger partial charge in [0.1, 0.15) is 12.9 Å². The van der Waals surface area contributed by atoms with E-state index < -0.39 is 0 Å². The van der Waals surface area contributed by atoms with Gasteiger partial charge >= 0.3 is 0 Å². The Bertz CT molecular complexity index is 221. The summed E-state index contributed by atoms with van der Waals surface area (Å²) in [6.07, 6.45) is 0.713. The summed E-state index contributed by atoms with van der Waals surface area (Å²) in [5.41, 5.74) is 5.28. The Morgan fingerprint density at radius 2 is 1.18 bits per heavy atom. The maximum atomic E-state index is 9.88. The second kappa shape index (κ2) is 18.5.